The van der Waals surface area contributed by atoms with Gasteiger partial charge in [0.2, 0.25) is 5.91 Å². The van der Waals surface area contributed by atoms with Crippen molar-refractivity contribution >= 4 is 5.91 Å². The van der Waals surface area contributed by atoms with Gasteiger partial charge in [-0.25, -0.2) is 4.68 Å². The van der Waals surface area contributed by atoms with Crippen LogP contribution < -0.4 is 5.32 Å². The summed E-state index contributed by atoms with van der Waals surface area (Å²) in [6.45, 7) is 4.50. The highest BCUT2D eigenvalue weighted by Gasteiger charge is 2.26. The number of carbonyl (C=O) groups excluding carboxylic acids is 1. The van der Waals surface area contributed by atoms with Crippen molar-refractivity contribution in [3.8, 4) is 5.69 Å². The quantitative estimate of drug-likeness (QED) is 0.932. The second-order valence-corrected chi connectivity index (χ2v) is 7.25. The SMILES string of the molecule is CC(=O)N[C@H]1CCCN(Cc2nn(-c3ccccc3)c3c2CCC3)C1. The largest absolute Gasteiger partial charge is 0.352 e. The van der Waals surface area contributed by atoms with Crippen LogP contribution in [0.5, 0.6) is 0 Å². The number of carbonyl (C=O) groups is 1. The van der Waals surface area contributed by atoms with E-state index >= 15 is 0 Å². The Kier molecular flexibility index (Phi) is 4.57. The van der Waals surface area contributed by atoms with Gasteiger partial charge in [-0.1, -0.05) is 18.2 Å². The molecule has 1 aliphatic carbocycles. The van der Waals surface area contributed by atoms with Crippen molar-refractivity contribution in [1.82, 2.24) is 20.0 Å². The predicted octanol–water partition coefficient (Wildman–Crippen LogP) is 2.46. The van der Waals surface area contributed by atoms with Gasteiger partial charge in [0, 0.05) is 31.7 Å². The van der Waals surface area contributed by atoms with Crippen molar-refractivity contribution in [3.63, 3.8) is 0 Å². The van der Waals surface area contributed by atoms with Crippen molar-refractivity contribution < 1.29 is 4.79 Å². The summed E-state index contributed by atoms with van der Waals surface area (Å²) in [5.41, 5.74) is 5.21. The van der Waals surface area contributed by atoms with Gasteiger partial charge in [-0.05, 0) is 56.3 Å². The Morgan fingerprint density at radius 1 is 1.24 bits per heavy atom. The van der Waals surface area contributed by atoms with Crippen LogP contribution in [0.2, 0.25) is 0 Å². The second-order valence-electron chi connectivity index (χ2n) is 7.25. The van der Waals surface area contributed by atoms with Crippen LogP contribution in [0.4, 0.5) is 0 Å². The molecular weight excluding hydrogens is 312 g/mol. The van der Waals surface area contributed by atoms with E-state index in [0.717, 1.165) is 51.0 Å². The summed E-state index contributed by atoms with van der Waals surface area (Å²) in [7, 11) is 0. The highest BCUT2D eigenvalue weighted by atomic mass is 16.1. The maximum atomic E-state index is 11.3. The Morgan fingerprint density at radius 3 is 2.88 bits per heavy atom. The third-order valence-electron chi connectivity index (χ3n) is 5.30. The third-order valence-corrected chi connectivity index (χ3v) is 5.30. The fourth-order valence-electron chi connectivity index (χ4n) is 4.24. The molecule has 5 nitrogen and oxygen atoms in total. The molecule has 1 N–H and O–H groups in total. The lowest BCUT2D eigenvalue weighted by molar-refractivity contribution is -0.120. The smallest absolute Gasteiger partial charge is 0.217 e. The number of hydrogen-bond donors (Lipinski definition) is 1. The average molecular weight is 338 g/mol. The molecule has 0 spiro atoms. The normalized spacial score (nSPS) is 20.4. The molecule has 25 heavy (non-hydrogen) atoms. The molecule has 1 aromatic heterocycles. The van der Waals surface area contributed by atoms with E-state index in [4.69, 9.17) is 5.10 Å². The van der Waals surface area contributed by atoms with Crippen LogP contribution in [0, 0.1) is 0 Å². The van der Waals surface area contributed by atoms with Gasteiger partial charge in [0.25, 0.3) is 0 Å². The lowest BCUT2D eigenvalue weighted by atomic mass is 10.0. The molecule has 0 radical (unpaired) electrons. The standard InChI is InChI=1S/C20H26N4O/c1-15(25)21-16-7-6-12-23(13-16)14-19-18-10-5-11-20(18)24(22-19)17-8-3-2-4-9-17/h2-4,8-9,16H,5-7,10-14H2,1H3,(H,21,25)/t16-/m0/s1. The summed E-state index contributed by atoms with van der Waals surface area (Å²) in [4.78, 5) is 13.8. The van der Waals surface area contributed by atoms with Gasteiger partial charge < -0.3 is 5.32 Å². The predicted molar refractivity (Wildman–Crippen MR) is 97.7 cm³/mol. The number of para-hydroxylation sites is 1. The Morgan fingerprint density at radius 2 is 2.08 bits per heavy atom. The van der Waals surface area contributed by atoms with Crippen molar-refractivity contribution in [1.29, 1.82) is 0 Å². The topological polar surface area (TPSA) is 50.2 Å². The van der Waals surface area contributed by atoms with Gasteiger partial charge in [0.1, 0.15) is 0 Å². The fourth-order valence-corrected chi connectivity index (χ4v) is 4.24. The molecule has 1 aromatic carbocycles. The molecule has 1 aliphatic heterocycles. The van der Waals surface area contributed by atoms with E-state index in [-0.39, 0.29) is 11.9 Å². The Balaban J connectivity index is 1.54. The molecule has 4 rings (SSSR count). The number of nitrogens with one attached hydrogen (secondary N) is 1. The zero-order chi connectivity index (χ0) is 17.2. The number of piperidine rings is 1. The minimum atomic E-state index is 0.0705. The number of rotatable bonds is 4. The molecule has 5 heteroatoms. The fraction of sp³-hybridized carbons (Fsp3) is 0.500. The van der Waals surface area contributed by atoms with E-state index in [1.165, 1.54) is 23.4 Å². The first-order valence-electron chi connectivity index (χ1n) is 9.35. The van der Waals surface area contributed by atoms with Crippen LogP contribution in [0.1, 0.15) is 43.1 Å². The van der Waals surface area contributed by atoms with Crippen molar-refractivity contribution in [2.45, 2.75) is 51.6 Å². The average Bonchev–Trinajstić information content (AvgIpc) is 3.19. The van der Waals surface area contributed by atoms with Gasteiger partial charge in [-0.3, -0.25) is 9.69 Å². The number of amides is 1. The molecule has 1 fully saturated rings. The van der Waals surface area contributed by atoms with Gasteiger partial charge in [0.15, 0.2) is 0 Å². The zero-order valence-electron chi connectivity index (χ0n) is 14.9. The zero-order valence-corrected chi connectivity index (χ0v) is 14.9. The number of hydrogen-bond acceptors (Lipinski definition) is 3. The Bertz CT molecular complexity index is 753. The van der Waals surface area contributed by atoms with Crippen molar-refractivity contribution in [2.75, 3.05) is 13.1 Å². The van der Waals surface area contributed by atoms with Crippen molar-refractivity contribution in [2.24, 2.45) is 0 Å². The van der Waals surface area contributed by atoms with Crippen LogP contribution in [0.25, 0.3) is 5.69 Å². The first-order chi connectivity index (χ1) is 12.2. The molecule has 2 aliphatic rings. The van der Waals surface area contributed by atoms with Crippen LogP contribution in [-0.4, -0.2) is 39.7 Å². The molecule has 2 heterocycles. The lowest BCUT2D eigenvalue weighted by Gasteiger charge is -2.32. The number of likely N-dealkylation sites (tertiary alicyclic amines) is 1. The van der Waals surface area contributed by atoms with E-state index in [9.17, 15) is 4.79 Å². The van der Waals surface area contributed by atoms with Crippen LogP contribution in [-0.2, 0) is 24.2 Å². The summed E-state index contributed by atoms with van der Waals surface area (Å²) >= 11 is 0. The molecule has 2 aromatic rings. The molecule has 132 valence electrons. The highest BCUT2D eigenvalue weighted by Crippen LogP contribution is 2.29. The summed E-state index contributed by atoms with van der Waals surface area (Å²) < 4.78 is 2.15. The maximum Gasteiger partial charge on any atom is 0.217 e. The van der Waals surface area contributed by atoms with Gasteiger partial charge in [-0.15, -0.1) is 0 Å². The molecule has 0 unspecified atom stereocenters. The summed E-state index contributed by atoms with van der Waals surface area (Å²) in [5.74, 6) is 0.0705. The molecule has 0 bridgehead atoms. The van der Waals surface area contributed by atoms with Gasteiger partial charge >= 0.3 is 0 Å². The highest BCUT2D eigenvalue weighted by molar-refractivity contribution is 5.73. The number of aromatic nitrogens is 2. The van der Waals surface area contributed by atoms with Gasteiger partial charge in [-0.2, -0.15) is 5.10 Å². The van der Waals surface area contributed by atoms with E-state index < -0.39 is 0 Å². The second kappa shape index (κ2) is 7.00. The number of nitrogens with zero attached hydrogens (tertiary/aromatic N) is 3. The summed E-state index contributed by atoms with van der Waals surface area (Å²) in [6, 6.07) is 10.7. The van der Waals surface area contributed by atoms with Crippen molar-refractivity contribution in [3.05, 3.63) is 47.3 Å². The van der Waals surface area contributed by atoms with E-state index in [0.29, 0.717) is 0 Å². The molecular formula is C20H26N4O. The Labute approximate surface area is 149 Å². The first kappa shape index (κ1) is 16.3. The lowest BCUT2D eigenvalue weighted by Crippen LogP contribution is -2.46. The van der Waals surface area contributed by atoms with E-state index in [1.807, 2.05) is 6.07 Å². The molecule has 0 saturated carbocycles. The van der Waals surface area contributed by atoms with Crippen LogP contribution >= 0.6 is 0 Å². The van der Waals surface area contributed by atoms with Crippen LogP contribution in [0.3, 0.4) is 0 Å². The summed E-state index contributed by atoms with van der Waals surface area (Å²) in [5, 5.41) is 8.04. The maximum absolute atomic E-state index is 11.3. The van der Waals surface area contributed by atoms with E-state index in [1.54, 1.807) is 6.92 Å². The minimum absolute atomic E-state index is 0.0705. The molecule has 1 amide bonds. The number of benzene rings is 1. The van der Waals surface area contributed by atoms with E-state index in [2.05, 4.69) is 39.2 Å². The third kappa shape index (κ3) is 3.47. The minimum Gasteiger partial charge on any atom is -0.352 e. The van der Waals surface area contributed by atoms with Crippen LogP contribution in [0.15, 0.2) is 30.3 Å². The molecule has 1 atom stereocenters. The first-order valence-corrected chi connectivity index (χ1v) is 9.35. The summed E-state index contributed by atoms with van der Waals surface area (Å²) in [6.07, 6.45) is 5.69. The number of fused-ring (bicyclic) bond motifs is 1. The van der Waals surface area contributed by atoms with Gasteiger partial charge in [0.05, 0.1) is 11.4 Å². The monoisotopic (exact) mass is 338 g/mol. The molecule has 1 saturated heterocycles. The Hall–Kier alpha value is -2.14.